The highest BCUT2D eigenvalue weighted by atomic mass is 35.5. The number of anilines is 1. The molecule has 0 bridgehead atoms. The first kappa shape index (κ1) is 15.3. The Kier molecular flexibility index (Phi) is 3.62. The Bertz CT molecular complexity index is 906. The number of aryl methyl sites for hydroxylation is 1. The topological polar surface area (TPSA) is 70.6 Å². The average Bonchev–Trinajstić information content (AvgIpc) is 2.79. The van der Waals surface area contributed by atoms with E-state index < -0.39 is 15.8 Å². The minimum absolute atomic E-state index is 0.0157. The largest absolute Gasteiger partial charge is 0.323 e. The second-order valence-corrected chi connectivity index (χ2v) is 8.11. The van der Waals surface area contributed by atoms with Gasteiger partial charge in [-0.3, -0.25) is 4.99 Å². The van der Waals surface area contributed by atoms with Crippen molar-refractivity contribution in [2.75, 3.05) is 12.4 Å². The first-order chi connectivity index (χ1) is 10.3. The summed E-state index contributed by atoms with van der Waals surface area (Å²) in [6, 6.07) is 4.63. The molecule has 2 aromatic rings. The van der Waals surface area contributed by atoms with Gasteiger partial charge in [0, 0.05) is 23.1 Å². The van der Waals surface area contributed by atoms with Gasteiger partial charge < -0.3 is 5.32 Å². The number of fused-ring (bicyclic) bond motifs is 1. The molecule has 3 rings (SSSR count). The van der Waals surface area contributed by atoms with Crippen LogP contribution in [0.1, 0.15) is 4.88 Å². The molecule has 116 valence electrons. The number of halogens is 2. The summed E-state index contributed by atoms with van der Waals surface area (Å²) in [7, 11) is -2.26. The van der Waals surface area contributed by atoms with Crippen molar-refractivity contribution in [1.82, 2.24) is 4.72 Å². The lowest BCUT2D eigenvalue weighted by atomic mass is 10.0. The highest BCUT2D eigenvalue weighted by Gasteiger charge is 2.33. The van der Waals surface area contributed by atoms with Gasteiger partial charge in [0.05, 0.1) is 10.7 Å². The molecule has 1 aromatic carbocycles. The molecule has 9 heteroatoms. The molecule has 1 aliphatic rings. The number of hydrogen-bond donors (Lipinski definition) is 2. The zero-order valence-corrected chi connectivity index (χ0v) is 14.0. The Labute approximate surface area is 135 Å². The van der Waals surface area contributed by atoms with Crippen molar-refractivity contribution in [1.29, 1.82) is 0 Å². The van der Waals surface area contributed by atoms with E-state index in [1.165, 1.54) is 13.1 Å². The number of hydrogen-bond acceptors (Lipinski definition) is 4. The third-order valence-corrected chi connectivity index (χ3v) is 6.47. The molecule has 1 aliphatic heterocycles. The predicted octanol–water partition coefficient (Wildman–Crippen LogP) is 3.21. The van der Waals surface area contributed by atoms with Crippen LogP contribution in [0.3, 0.4) is 0 Å². The van der Waals surface area contributed by atoms with Gasteiger partial charge in [0.25, 0.3) is 10.0 Å². The van der Waals surface area contributed by atoms with Gasteiger partial charge in [-0.1, -0.05) is 23.7 Å². The zero-order valence-electron chi connectivity index (χ0n) is 11.6. The van der Waals surface area contributed by atoms with Crippen molar-refractivity contribution in [3.63, 3.8) is 0 Å². The van der Waals surface area contributed by atoms with Gasteiger partial charge in [0.1, 0.15) is 5.82 Å². The molecule has 0 saturated carbocycles. The fraction of sp³-hybridized carbons (Fsp3) is 0.154. The van der Waals surface area contributed by atoms with E-state index in [-0.39, 0.29) is 20.8 Å². The van der Waals surface area contributed by atoms with E-state index in [1.807, 2.05) is 0 Å². The summed E-state index contributed by atoms with van der Waals surface area (Å²) in [4.78, 5) is 4.49. The van der Waals surface area contributed by atoms with Crippen molar-refractivity contribution in [3.8, 4) is 11.1 Å². The van der Waals surface area contributed by atoms with Gasteiger partial charge in [-0.05, 0) is 13.0 Å². The summed E-state index contributed by atoms with van der Waals surface area (Å²) in [5, 5.41) is 2.88. The first-order valence-corrected chi connectivity index (χ1v) is 8.87. The quantitative estimate of drug-likeness (QED) is 0.821. The molecule has 22 heavy (non-hydrogen) atoms. The molecule has 5 nitrogen and oxygen atoms in total. The molecule has 2 N–H and O–H groups in total. The maximum Gasteiger partial charge on any atom is 0.275 e. The number of guanidine groups is 1. The average molecular weight is 360 g/mol. The van der Waals surface area contributed by atoms with Crippen LogP contribution in [0, 0.1) is 12.7 Å². The maximum absolute atomic E-state index is 14.3. The summed E-state index contributed by atoms with van der Waals surface area (Å²) in [5.41, 5.74) is 1.05. The normalized spacial score (nSPS) is 17.7. The van der Waals surface area contributed by atoms with Gasteiger partial charge in [-0.15, -0.1) is 11.3 Å². The van der Waals surface area contributed by atoms with E-state index in [0.29, 0.717) is 16.1 Å². The monoisotopic (exact) mass is 359 g/mol. The van der Waals surface area contributed by atoms with E-state index in [0.717, 1.165) is 11.3 Å². The Morgan fingerprint density at radius 2 is 2.09 bits per heavy atom. The molecule has 0 radical (unpaired) electrons. The second kappa shape index (κ2) is 5.22. The van der Waals surface area contributed by atoms with Crippen LogP contribution in [0.5, 0.6) is 0 Å². The molecule has 0 aliphatic carbocycles. The summed E-state index contributed by atoms with van der Waals surface area (Å²) < 4.78 is 41.3. The van der Waals surface area contributed by atoms with Crippen LogP contribution in [0.4, 0.5) is 10.1 Å². The lowest BCUT2D eigenvalue weighted by Crippen LogP contribution is -2.39. The van der Waals surface area contributed by atoms with Gasteiger partial charge in [-0.2, -0.15) is 0 Å². The minimum atomic E-state index is -3.72. The third-order valence-electron chi connectivity index (χ3n) is 3.22. The summed E-state index contributed by atoms with van der Waals surface area (Å²) in [6.07, 6.45) is 0. The molecule has 1 aromatic heterocycles. The van der Waals surface area contributed by atoms with E-state index in [9.17, 15) is 12.8 Å². The fourth-order valence-corrected chi connectivity index (χ4v) is 5.13. The number of nitrogens with one attached hydrogen (secondary N) is 2. The van der Waals surface area contributed by atoms with Crippen molar-refractivity contribution in [2.45, 2.75) is 11.1 Å². The number of benzene rings is 1. The predicted molar refractivity (Wildman–Crippen MR) is 86.8 cm³/mol. The third kappa shape index (κ3) is 2.27. The van der Waals surface area contributed by atoms with Crippen LogP contribution < -0.4 is 10.0 Å². The number of rotatable bonds is 1. The van der Waals surface area contributed by atoms with Crippen molar-refractivity contribution in [3.05, 3.63) is 33.9 Å². The zero-order chi connectivity index (χ0) is 16.1. The summed E-state index contributed by atoms with van der Waals surface area (Å²) >= 11 is 6.90. The second-order valence-electron chi connectivity index (χ2n) is 4.60. The molecule has 0 fully saturated rings. The lowest BCUT2D eigenvalue weighted by Gasteiger charge is -2.19. The van der Waals surface area contributed by atoms with E-state index >= 15 is 0 Å². The van der Waals surface area contributed by atoms with Gasteiger partial charge in [-0.25, -0.2) is 17.5 Å². The highest BCUT2D eigenvalue weighted by molar-refractivity contribution is 7.92. The molecule has 2 heterocycles. The van der Waals surface area contributed by atoms with Crippen molar-refractivity contribution in [2.24, 2.45) is 4.99 Å². The summed E-state index contributed by atoms with van der Waals surface area (Å²) in [5.74, 6) is -0.491. The number of aliphatic imine (C=N–C) groups is 1. The van der Waals surface area contributed by atoms with Crippen LogP contribution in [0.25, 0.3) is 11.1 Å². The molecular formula is C13H11ClFN3O2S2. The van der Waals surface area contributed by atoms with Crippen LogP contribution in [0.2, 0.25) is 5.02 Å². The smallest absolute Gasteiger partial charge is 0.275 e. The Hall–Kier alpha value is -1.64. The van der Waals surface area contributed by atoms with Gasteiger partial charge in [0.15, 0.2) is 4.21 Å². The number of nitrogens with zero attached hydrogens (tertiary/aromatic N) is 1. The van der Waals surface area contributed by atoms with Gasteiger partial charge >= 0.3 is 0 Å². The molecule has 0 atom stereocenters. The minimum Gasteiger partial charge on any atom is -0.323 e. The standard InChI is InChI=1S/C13H11ClFN3O2S2/c1-6-9(7-4-3-5-8(14)10(7)15)11-12(21-6)22(19,20)18-13(16-2)17-11/h3-5H,1-2H3,(H2,16,17,18). The molecular weight excluding hydrogens is 349 g/mol. The number of sulfonamides is 1. The van der Waals surface area contributed by atoms with Crippen LogP contribution in [-0.4, -0.2) is 21.4 Å². The SMILES string of the molecule is CN=C1Nc2c(sc(C)c2-c2cccc(Cl)c2F)S(=O)(=O)N1. The maximum atomic E-state index is 14.3. The molecule has 0 amide bonds. The van der Waals surface area contributed by atoms with Crippen molar-refractivity contribution >= 4 is 44.6 Å². The first-order valence-electron chi connectivity index (χ1n) is 6.19. The van der Waals surface area contributed by atoms with Crippen LogP contribution in [0.15, 0.2) is 27.4 Å². The van der Waals surface area contributed by atoms with Crippen LogP contribution in [-0.2, 0) is 10.0 Å². The van der Waals surface area contributed by atoms with Crippen LogP contribution >= 0.6 is 22.9 Å². The number of thiophene rings is 1. The van der Waals surface area contributed by atoms with Crippen molar-refractivity contribution < 1.29 is 12.8 Å². The summed E-state index contributed by atoms with van der Waals surface area (Å²) in [6.45, 7) is 1.73. The Morgan fingerprint density at radius 3 is 2.77 bits per heavy atom. The Morgan fingerprint density at radius 1 is 1.36 bits per heavy atom. The van der Waals surface area contributed by atoms with E-state index in [1.54, 1.807) is 19.1 Å². The molecule has 0 spiro atoms. The molecule has 0 saturated heterocycles. The van der Waals surface area contributed by atoms with E-state index in [2.05, 4.69) is 15.0 Å². The highest BCUT2D eigenvalue weighted by Crippen LogP contribution is 2.45. The van der Waals surface area contributed by atoms with Gasteiger partial charge in [0.2, 0.25) is 5.96 Å². The van der Waals surface area contributed by atoms with E-state index in [4.69, 9.17) is 11.6 Å². The fourth-order valence-electron chi connectivity index (χ4n) is 2.26. The lowest BCUT2D eigenvalue weighted by molar-refractivity contribution is 0.594. The molecule has 0 unspecified atom stereocenters. The Balaban J connectivity index is 2.33.